The van der Waals surface area contributed by atoms with Gasteiger partial charge < -0.3 is 0 Å². The first-order valence-electron chi connectivity index (χ1n) is 23.9. The molecule has 0 bridgehead atoms. The summed E-state index contributed by atoms with van der Waals surface area (Å²) in [5.74, 6) is 1.44. The smallest absolute Gasteiger partial charge is 0.238 e. The van der Waals surface area contributed by atoms with Crippen molar-refractivity contribution in [1.29, 1.82) is 5.26 Å². The highest BCUT2D eigenvalue weighted by atomic mass is 15.2. The SMILES string of the molecule is N#Cc1c(-n2c3ccc(-c4ccccc4)cc3c3cc(-c4ccccc4)ccc32)nc(-n2c3ccccc3c3ccccc32)nc1-n1c2ccc(-c3ccccc3)cc2c2cc(-c3ccccc3)ccc21. The number of para-hydroxylation sites is 2. The third-order valence-electron chi connectivity index (χ3n) is 14.1. The van der Waals surface area contributed by atoms with Crippen LogP contribution in [0.4, 0.5) is 0 Å². The van der Waals surface area contributed by atoms with Crippen LogP contribution >= 0.6 is 0 Å². The van der Waals surface area contributed by atoms with Gasteiger partial charge in [0.15, 0.2) is 11.6 Å². The molecule has 14 rings (SSSR count). The molecule has 71 heavy (non-hydrogen) atoms. The number of hydrogen-bond acceptors (Lipinski definition) is 3. The molecule has 14 aromatic rings. The van der Waals surface area contributed by atoms with Gasteiger partial charge in [-0.3, -0.25) is 13.7 Å². The average Bonchev–Trinajstić information content (AvgIpc) is 4.08. The van der Waals surface area contributed by atoms with Crippen LogP contribution in [-0.4, -0.2) is 23.7 Å². The van der Waals surface area contributed by atoms with Gasteiger partial charge in [-0.25, -0.2) is 0 Å². The van der Waals surface area contributed by atoms with Gasteiger partial charge in [0.05, 0.1) is 33.1 Å². The predicted octanol–water partition coefficient (Wildman–Crippen LogP) is 16.3. The van der Waals surface area contributed by atoms with Gasteiger partial charge in [-0.2, -0.15) is 15.2 Å². The van der Waals surface area contributed by atoms with Crippen LogP contribution in [0, 0.1) is 11.3 Å². The number of aromatic nitrogens is 5. The summed E-state index contributed by atoms with van der Waals surface area (Å²) >= 11 is 0. The summed E-state index contributed by atoms with van der Waals surface area (Å²) in [6.07, 6.45) is 0. The summed E-state index contributed by atoms with van der Waals surface area (Å²) in [7, 11) is 0. The van der Waals surface area contributed by atoms with Crippen molar-refractivity contribution < 1.29 is 0 Å². The van der Waals surface area contributed by atoms with E-state index in [1.165, 1.54) is 0 Å². The van der Waals surface area contributed by atoms with Gasteiger partial charge in [0.2, 0.25) is 5.95 Å². The van der Waals surface area contributed by atoms with Crippen LogP contribution < -0.4 is 0 Å². The fourth-order valence-corrected chi connectivity index (χ4v) is 10.8. The van der Waals surface area contributed by atoms with E-state index < -0.39 is 0 Å². The van der Waals surface area contributed by atoms with Crippen molar-refractivity contribution in [3.63, 3.8) is 0 Å². The molecule has 4 heterocycles. The maximum absolute atomic E-state index is 11.9. The molecule has 0 fully saturated rings. The van der Waals surface area contributed by atoms with Crippen LogP contribution in [0.5, 0.6) is 0 Å². The van der Waals surface area contributed by atoms with E-state index in [2.05, 4.69) is 238 Å². The first-order valence-corrected chi connectivity index (χ1v) is 23.9. The summed E-state index contributed by atoms with van der Waals surface area (Å²) < 4.78 is 6.52. The van der Waals surface area contributed by atoms with Crippen LogP contribution in [0.2, 0.25) is 0 Å². The van der Waals surface area contributed by atoms with E-state index in [4.69, 9.17) is 9.97 Å². The van der Waals surface area contributed by atoms with Gasteiger partial charge >= 0.3 is 0 Å². The summed E-state index contributed by atoms with van der Waals surface area (Å²) in [5.41, 5.74) is 14.9. The first-order chi connectivity index (χ1) is 35.2. The predicted molar refractivity (Wildman–Crippen MR) is 292 cm³/mol. The van der Waals surface area contributed by atoms with Gasteiger partial charge in [-0.05, 0) is 105 Å². The van der Waals surface area contributed by atoms with Crippen LogP contribution in [-0.2, 0) is 0 Å². The lowest BCUT2D eigenvalue weighted by Crippen LogP contribution is -2.13. The number of nitrogens with zero attached hydrogens (tertiary/aromatic N) is 6. The Balaban J connectivity index is 1.12. The molecule has 0 unspecified atom stereocenters. The molecule has 0 atom stereocenters. The van der Waals surface area contributed by atoms with Crippen molar-refractivity contribution in [3.8, 4) is 68.2 Å². The zero-order valence-corrected chi connectivity index (χ0v) is 38.3. The number of hydrogen-bond donors (Lipinski definition) is 0. The molecule has 4 aromatic heterocycles. The number of benzene rings is 10. The molecule has 0 saturated carbocycles. The monoisotopic (exact) mass is 904 g/mol. The highest BCUT2D eigenvalue weighted by Gasteiger charge is 2.27. The first kappa shape index (κ1) is 40.3. The standard InChI is InChI=1S/C65H40N6/c66-41-56-63(69-59-33-29-46(42-17-5-1-6-18-42)37-52(59)53-38-47(30-34-60(53)69)43-19-7-2-8-20-43)67-65(71-57-27-15-13-25-50(57)51-26-14-16-28-58(51)71)68-64(56)70-61-35-31-48(44-21-9-3-10-22-44)39-54(61)55-40-49(32-36-62(55)70)45-23-11-4-12-24-45/h1-40H. The Hall–Kier alpha value is -9.83. The Morgan fingerprint density at radius 1 is 0.268 bits per heavy atom. The Labute approximate surface area is 408 Å². The highest BCUT2D eigenvalue weighted by Crippen LogP contribution is 2.42. The van der Waals surface area contributed by atoms with Crippen molar-refractivity contribution in [3.05, 3.63) is 248 Å². The molecule has 6 heteroatoms. The molecule has 0 aliphatic heterocycles. The maximum atomic E-state index is 11.9. The van der Waals surface area contributed by atoms with Crippen molar-refractivity contribution in [2.45, 2.75) is 0 Å². The van der Waals surface area contributed by atoms with Crippen LogP contribution in [0.25, 0.3) is 128 Å². The average molecular weight is 905 g/mol. The van der Waals surface area contributed by atoms with E-state index in [0.717, 1.165) is 110 Å². The highest BCUT2D eigenvalue weighted by molar-refractivity contribution is 6.14. The molecular weight excluding hydrogens is 865 g/mol. The zero-order valence-electron chi connectivity index (χ0n) is 38.3. The van der Waals surface area contributed by atoms with Crippen molar-refractivity contribution in [1.82, 2.24) is 23.7 Å². The van der Waals surface area contributed by atoms with Gasteiger partial charge in [-0.15, -0.1) is 0 Å². The van der Waals surface area contributed by atoms with Gasteiger partial charge in [0.25, 0.3) is 0 Å². The second-order valence-electron chi connectivity index (χ2n) is 18.1. The molecular formula is C65H40N6. The molecule has 0 aliphatic carbocycles. The maximum Gasteiger partial charge on any atom is 0.238 e. The summed E-state index contributed by atoms with van der Waals surface area (Å²) in [4.78, 5) is 11.2. The van der Waals surface area contributed by atoms with E-state index >= 15 is 0 Å². The normalized spacial score (nSPS) is 11.6. The van der Waals surface area contributed by atoms with E-state index in [1.54, 1.807) is 0 Å². The number of fused-ring (bicyclic) bond motifs is 9. The Morgan fingerprint density at radius 3 is 0.859 bits per heavy atom. The minimum absolute atomic E-state index is 0.352. The molecule has 10 aromatic carbocycles. The second-order valence-corrected chi connectivity index (χ2v) is 18.1. The molecule has 6 nitrogen and oxygen atoms in total. The van der Waals surface area contributed by atoms with E-state index in [1.807, 2.05) is 24.3 Å². The van der Waals surface area contributed by atoms with E-state index in [0.29, 0.717) is 23.1 Å². The van der Waals surface area contributed by atoms with Crippen molar-refractivity contribution in [2.75, 3.05) is 0 Å². The topological polar surface area (TPSA) is 64.4 Å². The number of rotatable bonds is 7. The number of nitriles is 1. The molecule has 0 spiro atoms. The second kappa shape index (κ2) is 16.2. The molecule has 0 radical (unpaired) electrons. The van der Waals surface area contributed by atoms with Crippen LogP contribution in [0.15, 0.2) is 243 Å². The Kier molecular flexibility index (Phi) is 9.16. The third-order valence-corrected chi connectivity index (χ3v) is 14.1. The molecule has 0 N–H and O–H groups in total. The third kappa shape index (κ3) is 6.41. The van der Waals surface area contributed by atoms with Crippen molar-refractivity contribution in [2.24, 2.45) is 0 Å². The zero-order chi connectivity index (χ0) is 47.0. The lowest BCUT2D eigenvalue weighted by atomic mass is 10.0. The minimum atomic E-state index is 0.352. The lowest BCUT2D eigenvalue weighted by molar-refractivity contribution is 0.911. The Morgan fingerprint density at radius 2 is 0.549 bits per heavy atom. The van der Waals surface area contributed by atoms with Crippen molar-refractivity contribution >= 4 is 65.4 Å². The summed E-state index contributed by atoms with van der Waals surface area (Å²) in [6.45, 7) is 0. The van der Waals surface area contributed by atoms with Gasteiger partial charge in [0, 0.05) is 32.3 Å². The Bertz CT molecular complexity index is 3980. The minimum Gasteiger partial charge on any atom is -0.292 e. The summed E-state index contributed by atoms with van der Waals surface area (Å²) in [6, 6.07) is 88.1. The van der Waals surface area contributed by atoms with Gasteiger partial charge in [-0.1, -0.05) is 182 Å². The fraction of sp³-hybridized carbons (Fsp3) is 0. The largest absolute Gasteiger partial charge is 0.292 e. The summed E-state index contributed by atoms with van der Waals surface area (Å²) in [5, 5.41) is 18.3. The lowest BCUT2D eigenvalue weighted by Gasteiger charge is -2.17. The van der Waals surface area contributed by atoms with E-state index in [9.17, 15) is 5.26 Å². The fourth-order valence-electron chi connectivity index (χ4n) is 10.8. The molecule has 0 aliphatic rings. The van der Waals surface area contributed by atoms with Crippen LogP contribution in [0.3, 0.4) is 0 Å². The van der Waals surface area contributed by atoms with Crippen LogP contribution in [0.1, 0.15) is 5.56 Å². The molecule has 0 amide bonds. The molecule has 0 saturated heterocycles. The van der Waals surface area contributed by atoms with Gasteiger partial charge in [0.1, 0.15) is 11.6 Å². The van der Waals surface area contributed by atoms with E-state index in [-0.39, 0.29) is 0 Å². The quantitative estimate of drug-likeness (QED) is 0.160. The molecule has 330 valence electrons.